The maximum Gasteiger partial charge on any atom is 0.311 e. The second-order valence-corrected chi connectivity index (χ2v) is 3.58. The Morgan fingerprint density at radius 3 is 2.64 bits per heavy atom. The van der Waals surface area contributed by atoms with Gasteiger partial charge in [0.05, 0.1) is 0 Å². The fourth-order valence-electron chi connectivity index (χ4n) is 1.17. The van der Waals surface area contributed by atoms with Gasteiger partial charge >= 0.3 is 5.97 Å². The zero-order chi connectivity index (χ0) is 10.7. The van der Waals surface area contributed by atoms with Crippen molar-refractivity contribution in [3.05, 3.63) is 23.3 Å². The normalized spacial score (nSPS) is 10.6. The smallest absolute Gasteiger partial charge is 0.311 e. The van der Waals surface area contributed by atoms with Gasteiger partial charge in [-0.25, -0.2) is 9.97 Å². The molecule has 0 unspecified atom stereocenters. The Kier molecular flexibility index (Phi) is 3.17. The second kappa shape index (κ2) is 4.17. The van der Waals surface area contributed by atoms with Crippen molar-refractivity contribution >= 4 is 5.97 Å². The number of carboxylic acids is 1. The lowest BCUT2D eigenvalue weighted by atomic mass is 10.1. The van der Waals surface area contributed by atoms with Crippen LogP contribution in [-0.2, 0) is 11.2 Å². The molecule has 0 aromatic carbocycles. The van der Waals surface area contributed by atoms with Gasteiger partial charge in [-0.05, 0) is 18.9 Å². The van der Waals surface area contributed by atoms with E-state index in [9.17, 15) is 4.79 Å². The molecule has 0 aliphatic carbocycles. The van der Waals surface area contributed by atoms with Crippen LogP contribution in [0.5, 0.6) is 0 Å². The lowest BCUT2D eigenvalue weighted by molar-refractivity contribution is -0.136. The van der Waals surface area contributed by atoms with E-state index in [4.69, 9.17) is 5.11 Å². The van der Waals surface area contributed by atoms with Gasteiger partial charge in [-0.2, -0.15) is 0 Å². The number of aromatic nitrogens is 2. The van der Waals surface area contributed by atoms with Gasteiger partial charge in [-0.3, -0.25) is 4.79 Å². The number of aryl methyl sites for hydroxylation is 1. The summed E-state index contributed by atoms with van der Waals surface area (Å²) in [5.74, 6) is -0.212. The molecule has 4 heteroatoms. The van der Waals surface area contributed by atoms with Crippen LogP contribution in [0.2, 0.25) is 0 Å². The largest absolute Gasteiger partial charge is 0.481 e. The third-order valence-corrected chi connectivity index (χ3v) is 1.82. The predicted octanol–water partition coefficient (Wildman–Crippen LogP) is 1.54. The van der Waals surface area contributed by atoms with Crippen molar-refractivity contribution in [2.45, 2.75) is 33.1 Å². The number of aliphatic carboxylic acids is 1. The molecule has 4 nitrogen and oxygen atoms in total. The van der Waals surface area contributed by atoms with Gasteiger partial charge in [0.25, 0.3) is 0 Å². The van der Waals surface area contributed by atoms with Gasteiger partial charge < -0.3 is 5.11 Å². The lowest BCUT2D eigenvalue weighted by Crippen LogP contribution is -2.08. The summed E-state index contributed by atoms with van der Waals surface area (Å²) in [5.41, 5.74) is 1.72. The monoisotopic (exact) mass is 194 g/mol. The van der Waals surface area contributed by atoms with E-state index in [1.54, 1.807) is 0 Å². The van der Waals surface area contributed by atoms with E-state index in [2.05, 4.69) is 9.97 Å². The highest BCUT2D eigenvalue weighted by Crippen LogP contribution is 2.12. The molecule has 76 valence electrons. The highest BCUT2D eigenvalue weighted by molar-refractivity contribution is 5.68. The summed E-state index contributed by atoms with van der Waals surface area (Å²) in [7, 11) is 0. The molecule has 1 aromatic rings. The SMILES string of the molecule is Cc1cc(C(C)C)nc(CC(=O)O)n1. The summed E-state index contributed by atoms with van der Waals surface area (Å²) in [6.07, 6.45) is -0.110. The fraction of sp³-hybridized carbons (Fsp3) is 0.500. The number of hydrogen-bond donors (Lipinski definition) is 1. The minimum Gasteiger partial charge on any atom is -0.481 e. The summed E-state index contributed by atoms with van der Waals surface area (Å²) >= 11 is 0. The molecule has 0 amide bonds. The third-order valence-electron chi connectivity index (χ3n) is 1.82. The minimum absolute atomic E-state index is 0.110. The van der Waals surface area contributed by atoms with Crippen LogP contribution in [0, 0.1) is 6.92 Å². The summed E-state index contributed by atoms with van der Waals surface area (Å²) in [6, 6.07) is 1.88. The maximum absolute atomic E-state index is 10.5. The first-order chi connectivity index (χ1) is 6.49. The predicted molar refractivity (Wildman–Crippen MR) is 52.2 cm³/mol. The first-order valence-electron chi connectivity index (χ1n) is 4.55. The van der Waals surface area contributed by atoms with Crippen LogP contribution in [-0.4, -0.2) is 21.0 Å². The van der Waals surface area contributed by atoms with E-state index in [1.165, 1.54) is 0 Å². The van der Waals surface area contributed by atoms with Crippen LogP contribution in [0.25, 0.3) is 0 Å². The van der Waals surface area contributed by atoms with Gasteiger partial charge in [0.1, 0.15) is 12.2 Å². The van der Waals surface area contributed by atoms with Crippen molar-refractivity contribution in [1.82, 2.24) is 9.97 Å². The van der Waals surface area contributed by atoms with Gasteiger partial charge in [0.2, 0.25) is 0 Å². The van der Waals surface area contributed by atoms with Crippen LogP contribution in [0.3, 0.4) is 0 Å². The summed E-state index contributed by atoms with van der Waals surface area (Å²) in [6.45, 7) is 5.89. The molecule has 0 saturated heterocycles. The molecule has 1 rings (SSSR count). The molecule has 14 heavy (non-hydrogen) atoms. The van der Waals surface area contributed by atoms with E-state index in [0.717, 1.165) is 11.4 Å². The van der Waals surface area contributed by atoms with E-state index in [-0.39, 0.29) is 6.42 Å². The molecule has 1 aromatic heterocycles. The minimum atomic E-state index is -0.898. The Morgan fingerprint density at radius 2 is 2.14 bits per heavy atom. The standard InChI is InChI=1S/C10H14N2O2/c1-6(2)8-4-7(3)11-9(12-8)5-10(13)14/h4,6H,5H2,1-3H3,(H,13,14). The number of carboxylic acid groups (broad SMARTS) is 1. The van der Waals surface area contributed by atoms with Crippen molar-refractivity contribution < 1.29 is 9.90 Å². The molecule has 0 radical (unpaired) electrons. The van der Waals surface area contributed by atoms with Crippen LogP contribution in [0.15, 0.2) is 6.07 Å². The highest BCUT2D eigenvalue weighted by atomic mass is 16.4. The molecule has 0 spiro atoms. The average Bonchev–Trinajstić information content (AvgIpc) is 2.01. The Balaban J connectivity index is 3.01. The topological polar surface area (TPSA) is 63.1 Å². The Hall–Kier alpha value is -1.45. The fourth-order valence-corrected chi connectivity index (χ4v) is 1.17. The van der Waals surface area contributed by atoms with E-state index in [0.29, 0.717) is 11.7 Å². The molecular formula is C10H14N2O2. The molecule has 0 fully saturated rings. The van der Waals surface area contributed by atoms with E-state index in [1.807, 2.05) is 26.8 Å². The Morgan fingerprint density at radius 1 is 1.50 bits per heavy atom. The molecule has 1 heterocycles. The van der Waals surface area contributed by atoms with Crippen molar-refractivity contribution in [3.63, 3.8) is 0 Å². The molecular weight excluding hydrogens is 180 g/mol. The highest BCUT2D eigenvalue weighted by Gasteiger charge is 2.08. The van der Waals surface area contributed by atoms with Gasteiger partial charge in [0.15, 0.2) is 0 Å². The summed E-state index contributed by atoms with van der Waals surface area (Å²) < 4.78 is 0. The molecule has 0 atom stereocenters. The lowest BCUT2D eigenvalue weighted by Gasteiger charge is -2.06. The first-order valence-corrected chi connectivity index (χ1v) is 4.55. The van der Waals surface area contributed by atoms with Crippen LogP contribution < -0.4 is 0 Å². The van der Waals surface area contributed by atoms with Gasteiger partial charge in [-0.1, -0.05) is 13.8 Å². The number of hydrogen-bond acceptors (Lipinski definition) is 3. The van der Waals surface area contributed by atoms with Crippen LogP contribution >= 0.6 is 0 Å². The molecule has 0 aliphatic rings. The maximum atomic E-state index is 10.5. The van der Waals surface area contributed by atoms with Crippen molar-refractivity contribution in [3.8, 4) is 0 Å². The van der Waals surface area contributed by atoms with Crippen LogP contribution in [0.1, 0.15) is 37.0 Å². The first kappa shape index (κ1) is 10.6. The second-order valence-electron chi connectivity index (χ2n) is 3.58. The average molecular weight is 194 g/mol. The van der Waals surface area contributed by atoms with Crippen molar-refractivity contribution in [1.29, 1.82) is 0 Å². The molecule has 0 bridgehead atoms. The van der Waals surface area contributed by atoms with Gasteiger partial charge in [-0.15, -0.1) is 0 Å². The number of carbonyl (C=O) groups is 1. The van der Waals surface area contributed by atoms with E-state index >= 15 is 0 Å². The number of nitrogens with zero attached hydrogens (tertiary/aromatic N) is 2. The van der Waals surface area contributed by atoms with E-state index < -0.39 is 5.97 Å². The summed E-state index contributed by atoms with van der Waals surface area (Å²) in [4.78, 5) is 18.7. The van der Waals surface area contributed by atoms with Crippen LogP contribution in [0.4, 0.5) is 0 Å². The summed E-state index contributed by atoms with van der Waals surface area (Å²) in [5, 5.41) is 8.61. The Labute approximate surface area is 83.0 Å². The zero-order valence-electron chi connectivity index (χ0n) is 8.61. The zero-order valence-corrected chi connectivity index (χ0v) is 8.61. The Bertz CT molecular complexity index is 348. The van der Waals surface area contributed by atoms with Crippen molar-refractivity contribution in [2.75, 3.05) is 0 Å². The van der Waals surface area contributed by atoms with Gasteiger partial charge in [0, 0.05) is 11.4 Å². The third kappa shape index (κ3) is 2.80. The molecule has 0 aliphatic heterocycles. The number of rotatable bonds is 3. The molecule has 0 saturated carbocycles. The quantitative estimate of drug-likeness (QED) is 0.792. The molecule has 1 N–H and O–H groups in total. The van der Waals surface area contributed by atoms with Crippen molar-refractivity contribution in [2.24, 2.45) is 0 Å².